The minimum absolute atomic E-state index is 0.0359. The lowest BCUT2D eigenvalue weighted by Gasteiger charge is -1.69. The maximum absolute atomic E-state index is 8.31. The molecular weight excluding hydrogens is 136 g/mol. The van der Waals surface area contributed by atoms with Crippen LogP contribution in [0.4, 0.5) is 0 Å². The molecule has 54 valence electrons. The Morgan fingerprint density at radius 2 is 2.27 bits per heavy atom. The summed E-state index contributed by atoms with van der Waals surface area (Å²) in [4.78, 5) is 0. The van der Waals surface area contributed by atoms with Crippen molar-refractivity contribution in [2.45, 2.75) is 0 Å². The Hall–Kier alpha value is -1.66. The maximum Gasteiger partial charge on any atom is 0.0615 e. The molecule has 0 spiro atoms. The molecule has 11 heavy (non-hydrogen) atoms. The van der Waals surface area contributed by atoms with E-state index in [-0.39, 0.29) is 6.61 Å². The van der Waals surface area contributed by atoms with Crippen LogP contribution >= 0.6 is 0 Å². The smallest absolute Gasteiger partial charge is 0.0615 e. The second-order valence-corrected chi connectivity index (χ2v) is 1.50. The molecule has 1 N–H and O–H groups in total. The van der Waals surface area contributed by atoms with Crippen LogP contribution in [0.3, 0.4) is 0 Å². The van der Waals surface area contributed by atoms with Gasteiger partial charge in [-0.05, 0) is 17.9 Å². The van der Waals surface area contributed by atoms with Crippen molar-refractivity contribution < 1.29 is 5.11 Å². The molecular formula is C10H8O. The van der Waals surface area contributed by atoms with Crippen molar-refractivity contribution in [1.82, 2.24) is 0 Å². The molecule has 1 heteroatoms. The van der Waals surface area contributed by atoms with Gasteiger partial charge in [0.1, 0.15) is 0 Å². The molecule has 0 aliphatic heterocycles. The zero-order valence-electron chi connectivity index (χ0n) is 6.04. The first kappa shape index (κ1) is 9.34. The molecule has 0 aliphatic rings. The summed E-state index contributed by atoms with van der Waals surface area (Å²) in [7, 11) is 0. The van der Waals surface area contributed by atoms with Crippen molar-refractivity contribution in [2.24, 2.45) is 0 Å². The highest BCUT2D eigenvalue weighted by Gasteiger charge is 1.59. The first-order valence-corrected chi connectivity index (χ1v) is 3.05. The normalized spacial score (nSPS) is 7.27. The van der Waals surface area contributed by atoms with E-state index in [0.717, 1.165) is 0 Å². The van der Waals surface area contributed by atoms with Crippen LogP contribution in [-0.4, -0.2) is 11.7 Å². The van der Waals surface area contributed by atoms with Gasteiger partial charge in [0.2, 0.25) is 0 Å². The number of aliphatic hydroxyl groups is 1. The Balaban J connectivity index is 3.84. The minimum Gasteiger partial charge on any atom is -0.392 e. The van der Waals surface area contributed by atoms with Crippen LogP contribution < -0.4 is 0 Å². The molecule has 0 aromatic carbocycles. The fraction of sp³-hybridized carbons (Fsp3) is 0.100. The van der Waals surface area contributed by atoms with Gasteiger partial charge in [-0.25, -0.2) is 0 Å². The summed E-state index contributed by atoms with van der Waals surface area (Å²) in [5.41, 5.74) is 2.74. The number of rotatable bonds is 2. The van der Waals surface area contributed by atoms with E-state index >= 15 is 0 Å². The van der Waals surface area contributed by atoms with Crippen LogP contribution in [0.2, 0.25) is 0 Å². The molecule has 0 aliphatic carbocycles. The van der Waals surface area contributed by atoms with E-state index < -0.39 is 0 Å². The fourth-order valence-electron chi connectivity index (χ4n) is 0.352. The zero-order valence-corrected chi connectivity index (χ0v) is 6.04. The van der Waals surface area contributed by atoms with Crippen molar-refractivity contribution in [3.63, 3.8) is 0 Å². The van der Waals surface area contributed by atoms with Crippen LogP contribution in [0.1, 0.15) is 0 Å². The third kappa shape index (κ3) is 8.34. The lowest BCUT2D eigenvalue weighted by molar-refractivity contribution is 0.343. The van der Waals surface area contributed by atoms with Gasteiger partial charge >= 0.3 is 0 Å². The number of hydrogen-bond donors (Lipinski definition) is 1. The van der Waals surface area contributed by atoms with Crippen LogP contribution in [-0.2, 0) is 0 Å². The quantitative estimate of drug-likeness (QED) is 0.346. The van der Waals surface area contributed by atoms with E-state index in [1.165, 1.54) is 6.08 Å². The Morgan fingerprint density at radius 1 is 1.45 bits per heavy atom. The average molecular weight is 144 g/mol. The van der Waals surface area contributed by atoms with Gasteiger partial charge in [0, 0.05) is 6.08 Å². The second-order valence-electron chi connectivity index (χ2n) is 1.50. The van der Waals surface area contributed by atoms with E-state index in [1.807, 2.05) is 0 Å². The second kappa shape index (κ2) is 8.34. The third-order valence-electron chi connectivity index (χ3n) is 0.734. The van der Waals surface area contributed by atoms with Crippen molar-refractivity contribution in [2.75, 3.05) is 6.61 Å². The number of allylic oxidation sites excluding steroid dienone is 2. The predicted octanol–water partition coefficient (Wildman–Crippen LogP) is 0.883. The molecule has 0 unspecified atom stereocenters. The summed E-state index contributed by atoms with van der Waals surface area (Å²) in [6.07, 6.45) is 11.3. The average Bonchev–Trinajstić information content (AvgIpc) is 2.03. The van der Waals surface area contributed by atoms with Crippen LogP contribution in [0, 0.1) is 24.2 Å². The molecule has 0 aromatic heterocycles. The molecule has 0 bridgehead atoms. The molecule has 1 nitrogen and oxygen atoms in total. The van der Waals surface area contributed by atoms with E-state index in [1.54, 1.807) is 18.2 Å². The van der Waals surface area contributed by atoms with Gasteiger partial charge < -0.3 is 5.11 Å². The largest absolute Gasteiger partial charge is 0.392 e. The Labute approximate surface area is 66.7 Å². The van der Waals surface area contributed by atoms with Crippen molar-refractivity contribution >= 4 is 0 Å². The summed E-state index contributed by atoms with van der Waals surface area (Å²) in [6.45, 7) is 0.0359. The standard InChI is InChI=1S/C10H8O/c1-2-3-4-5-6-7-8-9-10-11/h1,5,7-9,11H,10H2/b9-8+. The summed E-state index contributed by atoms with van der Waals surface area (Å²) in [6, 6.07) is 0. The van der Waals surface area contributed by atoms with Crippen LogP contribution in [0.5, 0.6) is 0 Å². The van der Waals surface area contributed by atoms with Crippen molar-refractivity contribution in [1.29, 1.82) is 0 Å². The van der Waals surface area contributed by atoms with Crippen molar-refractivity contribution in [3.05, 3.63) is 30.0 Å². The first-order valence-electron chi connectivity index (χ1n) is 3.05. The van der Waals surface area contributed by atoms with Gasteiger partial charge in [0.05, 0.1) is 6.61 Å². The van der Waals surface area contributed by atoms with Crippen LogP contribution in [0.25, 0.3) is 0 Å². The molecule has 0 radical (unpaired) electrons. The van der Waals surface area contributed by atoms with E-state index in [4.69, 9.17) is 11.5 Å². The summed E-state index contributed by atoms with van der Waals surface area (Å²) >= 11 is 0. The lowest BCUT2D eigenvalue weighted by Crippen LogP contribution is -1.66. The fourth-order valence-corrected chi connectivity index (χ4v) is 0.352. The molecule has 0 heterocycles. The molecule has 0 fully saturated rings. The van der Waals surface area contributed by atoms with Gasteiger partial charge in [0.15, 0.2) is 0 Å². The summed E-state index contributed by atoms with van der Waals surface area (Å²) in [5, 5.41) is 8.31. The number of aliphatic hydroxyl groups excluding tert-OH is 1. The third-order valence-corrected chi connectivity index (χ3v) is 0.734. The van der Waals surface area contributed by atoms with Gasteiger partial charge in [-0.3, -0.25) is 0 Å². The summed E-state index contributed by atoms with van der Waals surface area (Å²) in [5.74, 6) is 7.13. The minimum atomic E-state index is 0.0359. The Morgan fingerprint density at radius 3 is 2.91 bits per heavy atom. The first-order chi connectivity index (χ1) is 5.41. The van der Waals surface area contributed by atoms with E-state index in [9.17, 15) is 0 Å². The highest BCUT2D eigenvalue weighted by atomic mass is 16.2. The molecule has 0 atom stereocenters. The van der Waals surface area contributed by atoms with Gasteiger partial charge in [-0.2, -0.15) is 0 Å². The SMILES string of the molecule is C#CC#CC=C=C/C=C/CO. The monoisotopic (exact) mass is 144 g/mol. The summed E-state index contributed by atoms with van der Waals surface area (Å²) < 4.78 is 0. The predicted molar refractivity (Wildman–Crippen MR) is 45.5 cm³/mol. The van der Waals surface area contributed by atoms with Crippen LogP contribution in [0.15, 0.2) is 30.0 Å². The van der Waals surface area contributed by atoms with Crippen molar-refractivity contribution in [3.8, 4) is 24.2 Å². The molecule has 0 amide bonds. The highest BCUT2D eigenvalue weighted by Crippen LogP contribution is 1.72. The topological polar surface area (TPSA) is 20.2 Å². The lowest BCUT2D eigenvalue weighted by atomic mass is 10.4. The highest BCUT2D eigenvalue weighted by molar-refractivity contribution is 5.28. The molecule has 0 saturated heterocycles. The van der Waals surface area contributed by atoms with E-state index in [2.05, 4.69) is 23.5 Å². The van der Waals surface area contributed by atoms with Gasteiger partial charge in [0.25, 0.3) is 0 Å². The zero-order chi connectivity index (χ0) is 8.36. The number of hydrogen-bond acceptors (Lipinski definition) is 1. The molecule has 0 aromatic rings. The molecule has 0 saturated carbocycles. The Bertz CT molecular complexity index is 272. The number of terminal acetylenes is 1. The molecule has 0 rings (SSSR count). The van der Waals surface area contributed by atoms with Gasteiger partial charge in [-0.15, -0.1) is 12.2 Å². The van der Waals surface area contributed by atoms with E-state index in [0.29, 0.717) is 0 Å². The van der Waals surface area contributed by atoms with Gasteiger partial charge in [-0.1, -0.05) is 18.1 Å². The Kier molecular flexibility index (Phi) is 7.08. The maximum atomic E-state index is 8.31.